The zero-order valence-electron chi connectivity index (χ0n) is 31.9. The van der Waals surface area contributed by atoms with Crippen molar-refractivity contribution in [2.75, 3.05) is 59.4 Å². The van der Waals surface area contributed by atoms with Crippen LogP contribution in [0.3, 0.4) is 0 Å². The number of carbonyl (C=O) groups excluding carboxylic acids is 7. The highest BCUT2D eigenvalue weighted by atomic mass is 16.6. The van der Waals surface area contributed by atoms with E-state index in [1.165, 1.54) is 0 Å². The highest BCUT2D eigenvalue weighted by Gasteiger charge is 2.47. The third kappa shape index (κ3) is 17.0. The molecule has 16 heteroatoms. The number of carbonyl (C=O) groups is 7. The Morgan fingerprint density at radius 1 is 0.545 bits per heavy atom. The van der Waals surface area contributed by atoms with Crippen LogP contribution in [0.15, 0.2) is 75.9 Å². The quantitative estimate of drug-likeness (QED) is 0.0798. The molecule has 0 aromatic carbocycles. The van der Waals surface area contributed by atoms with E-state index >= 15 is 0 Å². The van der Waals surface area contributed by atoms with Crippen molar-refractivity contribution >= 4 is 41.9 Å². The number of amides is 1. The van der Waals surface area contributed by atoms with Crippen molar-refractivity contribution < 1.29 is 71.5 Å². The Hall–Kier alpha value is -5.51. The van der Waals surface area contributed by atoms with Gasteiger partial charge in [0.25, 0.3) is 0 Å². The van der Waals surface area contributed by atoms with Crippen LogP contribution in [-0.4, -0.2) is 107 Å². The van der Waals surface area contributed by atoms with Crippen LogP contribution >= 0.6 is 0 Å². The Morgan fingerprint density at radius 3 is 1.18 bits per heavy atom. The molecule has 0 spiro atoms. The molecule has 1 N–H and O–H groups in total. The molecule has 0 heterocycles. The van der Waals surface area contributed by atoms with Crippen LogP contribution < -0.4 is 5.32 Å². The van der Waals surface area contributed by atoms with Crippen LogP contribution in [0.4, 0.5) is 4.79 Å². The fraction of sp³-hybridized carbons (Fsp3) is 0.513. The maximum atomic E-state index is 13.3. The van der Waals surface area contributed by atoms with Gasteiger partial charge in [-0.2, -0.15) is 0 Å². The van der Waals surface area contributed by atoms with E-state index in [4.69, 9.17) is 37.9 Å². The molecule has 0 bridgehead atoms. The van der Waals surface area contributed by atoms with Gasteiger partial charge >= 0.3 is 41.9 Å². The summed E-state index contributed by atoms with van der Waals surface area (Å²) in [6.45, 7) is 22.8. The molecule has 2 unspecified atom stereocenters. The van der Waals surface area contributed by atoms with Gasteiger partial charge < -0.3 is 43.2 Å². The van der Waals surface area contributed by atoms with E-state index in [9.17, 15) is 33.6 Å². The first kappa shape index (κ1) is 47.5. The van der Waals surface area contributed by atoms with Crippen LogP contribution in [0.1, 0.15) is 40.0 Å². The van der Waals surface area contributed by atoms with Gasteiger partial charge in [0, 0.05) is 48.4 Å². The number of nitrogens with one attached hydrogen (secondary N) is 1. The maximum Gasteiger partial charge on any atom is 0.407 e. The lowest BCUT2D eigenvalue weighted by molar-refractivity contribution is -0.171. The zero-order valence-corrected chi connectivity index (χ0v) is 31.9. The van der Waals surface area contributed by atoms with E-state index in [1.54, 1.807) is 0 Å². The van der Waals surface area contributed by atoms with Gasteiger partial charge in [-0.15, -0.1) is 0 Å². The number of hydrogen-bond donors (Lipinski definition) is 1. The molecule has 1 aliphatic rings. The lowest BCUT2D eigenvalue weighted by Crippen LogP contribution is -2.52. The number of esters is 6. The molecule has 0 radical (unpaired) electrons. The van der Waals surface area contributed by atoms with Crippen molar-refractivity contribution in [1.82, 2.24) is 5.32 Å². The first-order valence-corrected chi connectivity index (χ1v) is 17.1. The molecule has 0 saturated heterocycles. The van der Waals surface area contributed by atoms with Crippen LogP contribution in [0, 0.1) is 21.7 Å². The van der Waals surface area contributed by atoms with Gasteiger partial charge in [-0.1, -0.05) is 60.2 Å². The fourth-order valence-electron chi connectivity index (χ4n) is 5.65. The number of ether oxygens (including phenoxy) is 8. The van der Waals surface area contributed by atoms with Gasteiger partial charge in [0.2, 0.25) is 0 Å². The SMILES string of the molecule is C=CC(=O)OCC(COC(=O)C=C)(COC(=O)C=C)COC(=O)NCC1(C)CC(C)(C)CCC1OCC(COC(=O)C=C)(COC(=O)C=C)COC(=O)C=C. The van der Waals surface area contributed by atoms with E-state index in [2.05, 4.69) is 58.6 Å². The molecule has 0 aromatic heterocycles. The second-order valence-corrected chi connectivity index (χ2v) is 14.1. The summed E-state index contributed by atoms with van der Waals surface area (Å²) in [6, 6.07) is 0. The Balaban J connectivity index is 3.34. The molecular formula is C39H53NO15. The van der Waals surface area contributed by atoms with Gasteiger partial charge in [0.15, 0.2) is 0 Å². The summed E-state index contributed by atoms with van der Waals surface area (Å²) in [5, 5.41) is 2.75. The van der Waals surface area contributed by atoms with E-state index in [0.717, 1.165) is 42.9 Å². The molecule has 1 rings (SSSR count). The Bertz CT molecular complexity index is 1340. The zero-order chi connectivity index (χ0) is 41.7. The van der Waals surface area contributed by atoms with Gasteiger partial charge in [0.1, 0.15) is 51.7 Å². The number of alkyl carbamates (subject to hydrolysis) is 1. The third-order valence-corrected chi connectivity index (χ3v) is 8.60. The Morgan fingerprint density at radius 2 is 0.855 bits per heavy atom. The molecule has 1 saturated carbocycles. The minimum Gasteiger partial charge on any atom is -0.462 e. The molecule has 1 fully saturated rings. The summed E-state index contributed by atoms with van der Waals surface area (Å²) < 4.78 is 43.5. The van der Waals surface area contributed by atoms with Gasteiger partial charge in [-0.05, 0) is 24.7 Å². The summed E-state index contributed by atoms with van der Waals surface area (Å²) in [6.07, 6.45) is 5.87. The van der Waals surface area contributed by atoms with E-state index in [-0.39, 0.29) is 38.4 Å². The smallest absolute Gasteiger partial charge is 0.407 e. The molecule has 0 aliphatic heterocycles. The molecular weight excluding hydrogens is 722 g/mol. The van der Waals surface area contributed by atoms with Crippen LogP contribution in [0.25, 0.3) is 0 Å². The Labute approximate surface area is 321 Å². The molecule has 1 aliphatic carbocycles. The number of hydrogen-bond acceptors (Lipinski definition) is 15. The Kier molecular flexibility index (Phi) is 19.6. The minimum absolute atomic E-state index is 0.0185. The monoisotopic (exact) mass is 775 g/mol. The van der Waals surface area contributed by atoms with Gasteiger partial charge in [-0.25, -0.2) is 33.6 Å². The average molecular weight is 776 g/mol. The second kappa shape index (κ2) is 22.6. The predicted octanol–water partition coefficient (Wildman–Crippen LogP) is 3.66. The van der Waals surface area contributed by atoms with E-state index in [1.807, 2.05) is 6.92 Å². The molecule has 55 heavy (non-hydrogen) atoms. The molecule has 16 nitrogen and oxygen atoms in total. The lowest BCUT2D eigenvalue weighted by atomic mass is 9.62. The predicted molar refractivity (Wildman–Crippen MR) is 197 cm³/mol. The van der Waals surface area contributed by atoms with Crippen LogP contribution in [0.5, 0.6) is 0 Å². The van der Waals surface area contributed by atoms with Crippen molar-refractivity contribution in [3.8, 4) is 0 Å². The average Bonchev–Trinajstić information content (AvgIpc) is 3.17. The van der Waals surface area contributed by atoms with Crippen molar-refractivity contribution in [2.24, 2.45) is 21.7 Å². The normalized spacial score (nSPS) is 17.4. The lowest BCUT2D eigenvalue weighted by Gasteiger charge is -2.49. The summed E-state index contributed by atoms with van der Waals surface area (Å²) in [5.41, 5.74) is -3.86. The summed E-state index contributed by atoms with van der Waals surface area (Å²) in [5.74, 6) is -4.83. The van der Waals surface area contributed by atoms with Crippen molar-refractivity contribution in [2.45, 2.75) is 46.1 Å². The number of rotatable bonds is 25. The molecule has 0 aromatic rings. The third-order valence-electron chi connectivity index (χ3n) is 8.60. The standard InChI is InChI=1S/C39H53NO15/c1-10-29(41)49-21-38(22-50-30(42)11-2,23-51-31(43)12-3)20-48-28-16-17-36(7,8)18-37(28,9)19-40-35(47)55-27-39(24-52-32(44)13-4,25-53-33(45)14-5)26-54-34(46)15-6/h10-15,28H,1-6,16-27H2,7-9H3,(H,40,47). The summed E-state index contributed by atoms with van der Waals surface area (Å²) >= 11 is 0. The van der Waals surface area contributed by atoms with E-state index < -0.39 is 90.7 Å². The molecule has 2 atom stereocenters. The van der Waals surface area contributed by atoms with Crippen molar-refractivity contribution in [1.29, 1.82) is 0 Å². The van der Waals surface area contributed by atoms with Gasteiger partial charge in [0.05, 0.1) is 18.1 Å². The first-order valence-electron chi connectivity index (χ1n) is 17.1. The minimum atomic E-state index is -1.54. The van der Waals surface area contributed by atoms with Crippen LogP contribution in [-0.2, 0) is 66.7 Å². The largest absolute Gasteiger partial charge is 0.462 e. The summed E-state index contributed by atoms with van der Waals surface area (Å²) in [7, 11) is 0. The first-order chi connectivity index (χ1) is 25.8. The second-order valence-electron chi connectivity index (χ2n) is 14.1. The van der Waals surface area contributed by atoms with Crippen molar-refractivity contribution in [3.63, 3.8) is 0 Å². The molecule has 304 valence electrons. The van der Waals surface area contributed by atoms with Crippen LogP contribution in [0.2, 0.25) is 0 Å². The highest BCUT2D eigenvalue weighted by molar-refractivity contribution is 5.83. The van der Waals surface area contributed by atoms with E-state index in [0.29, 0.717) is 12.8 Å². The molecule has 1 amide bonds. The highest BCUT2D eigenvalue weighted by Crippen LogP contribution is 2.47. The summed E-state index contributed by atoms with van der Waals surface area (Å²) in [4.78, 5) is 85.3. The van der Waals surface area contributed by atoms with Crippen molar-refractivity contribution in [3.05, 3.63) is 75.9 Å². The fourth-order valence-corrected chi connectivity index (χ4v) is 5.65. The maximum absolute atomic E-state index is 13.3. The topological polar surface area (TPSA) is 205 Å². The van der Waals surface area contributed by atoms with Gasteiger partial charge in [-0.3, -0.25) is 0 Å².